The van der Waals surface area contributed by atoms with Gasteiger partial charge in [0.25, 0.3) is 0 Å². The van der Waals surface area contributed by atoms with Gasteiger partial charge in [0.1, 0.15) is 11.5 Å². The van der Waals surface area contributed by atoms with Gasteiger partial charge < -0.3 is 0 Å². The summed E-state index contributed by atoms with van der Waals surface area (Å²) in [6.07, 6.45) is 0. The number of H-pyrrole nitrogens is 1. The van der Waals surface area contributed by atoms with Gasteiger partial charge in [-0.3, -0.25) is 5.10 Å². The maximum Gasteiger partial charge on any atom is 0.199 e. The highest BCUT2D eigenvalue weighted by Gasteiger charge is 2.07. The number of nitrogens with zero attached hydrogens (tertiary/aromatic N) is 3. The number of aromatic amines is 1. The summed E-state index contributed by atoms with van der Waals surface area (Å²) in [5.41, 5.74) is 1.68. The van der Waals surface area contributed by atoms with E-state index in [4.69, 9.17) is 11.6 Å². The van der Waals surface area contributed by atoms with Crippen LogP contribution in [-0.4, -0.2) is 20.2 Å². The maximum absolute atomic E-state index is 5.67. The van der Waals surface area contributed by atoms with Crippen LogP contribution in [0.5, 0.6) is 0 Å². The molecule has 0 aliphatic rings. The van der Waals surface area contributed by atoms with Crippen LogP contribution in [0.4, 0.5) is 0 Å². The molecule has 17 heavy (non-hydrogen) atoms. The number of alkyl halides is 1. The maximum atomic E-state index is 5.67. The van der Waals surface area contributed by atoms with Crippen molar-refractivity contribution in [3.63, 3.8) is 0 Å². The molecule has 0 radical (unpaired) electrons. The van der Waals surface area contributed by atoms with Crippen LogP contribution < -0.4 is 0 Å². The minimum atomic E-state index is 0.320. The first-order valence-corrected chi connectivity index (χ1v) is 5.74. The second-order valence-corrected chi connectivity index (χ2v) is 3.90. The molecule has 3 rings (SSSR count). The van der Waals surface area contributed by atoms with Gasteiger partial charge in [-0.2, -0.15) is 5.10 Å². The lowest BCUT2D eigenvalue weighted by Gasteiger charge is -1.98. The van der Waals surface area contributed by atoms with E-state index in [9.17, 15) is 0 Å². The summed E-state index contributed by atoms with van der Waals surface area (Å²) in [5, 5.41) is 7.95. The summed E-state index contributed by atoms with van der Waals surface area (Å²) in [7, 11) is 0. The van der Waals surface area contributed by atoms with Crippen molar-refractivity contribution in [3.05, 3.63) is 42.2 Å². The molecule has 84 valence electrons. The molecule has 0 saturated carbocycles. The molecular weight excluding hydrogens is 236 g/mol. The summed E-state index contributed by atoms with van der Waals surface area (Å²) in [6.45, 7) is 0. The Morgan fingerprint density at radius 3 is 2.76 bits per heavy atom. The minimum absolute atomic E-state index is 0.320. The van der Waals surface area contributed by atoms with Crippen LogP contribution in [0.2, 0.25) is 0 Å². The zero-order valence-corrected chi connectivity index (χ0v) is 9.65. The Bertz CT molecular complexity index is 662. The van der Waals surface area contributed by atoms with Gasteiger partial charge in [0.15, 0.2) is 5.82 Å². The standard InChI is InChI=1S/C12H9ClN4/c13-7-11-15-12(17-16-11)10-6-5-8-3-1-2-4-9(8)14-10/h1-6H,7H2,(H,15,16,17). The number of nitrogens with one attached hydrogen (secondary N) is 1. The van der Waals surface area contributed by atoms with Crippen LogP contribution in [0.25, 0.3) is 22.4 Å². The predicted molar refractivity (Wildman–Crippen MR) is 66.7 cm³/mol. The first-order valence-electron chi connectivity index (χ1n) is 5.20. The Labute approximate surface area is 103 Å². The molecule has 4 nitrogen and oxygen atoms in total. The molecule has 0 unspecified atom stereocenters. The SMILES string of the molecule is ClCc1nc(-c2ccc3ccccc3n2)n[nH]1. The lowest BCUT2D eigenvalue weighted by molar-refractivity contribution is 1.02. The number of halogens is 1. The third-order valence-electron chi connectivity index (χ3n) is 2.49. The second-order valence-electron chi connectivity index (χ2n) is 3.63. The number of aromatic nitrogens is 4. The largest absolute Gasteiger partial charge is 0.262 e. The van der Waals surface area contributed by atoms with Crippen molar-refractivity contribution >= 4 is 22.5 Å². The Balaban J connectivity index is 2.11. The normalized spacial score (nSPS) is 10.9. The molecular formula is C12H9ClN4. The number of para-hydroxylation sites is 1. The van der Waals surface area contributed by atoms with Crippen LogP contribution in [0.3, 0.4) is 0 Å². The lowest BCUT2D eigenvalue weighted by atomic mass is 10.2. The summed E-state index contributed by atoms with van der Waals surface area (Å²) in [6, 6.07) is 11.9. The van der Waals surface area contributed by atoms with E-state index in [2.05, 4.69) is 20.2 Å². The van der Waals surface area contributed by atoms with Gasteiger partial charge in [-0.05, 0) is 12.1 Å². The molecule has 0 aliphatic heterocycles. The molecule has 0 fully saturated rings. The van der Waals surface area contributed by atoms with Gasteiger partial charge in [0.2, 0.25) is 0 Å². The minimum Gasteiger partial charge on any atom is -0.262 e. The number of hydrogen-bond donors (Lipinski definition) is 1. The van der Waals surface area contributed by atoms with E-state index in [-0.39, 0.29) is 0 Å². The van der Waals surface area contributed by atoms with Crippen LogP contribution in [0.1, 0.15) is 5.82 Å². The molecule has 1 N–H and O–H groups in total. The first kappa shape index (κ1) is 10.2. The summed E-state index contributed by atoms with van der Waals surface area (Å²) in [5.74, 6) is 1.55. The number of benzene rings is 1. The molecule has 5 heteroatoms. The second kappa shape index (κ2) is 4.14. The average molecular weight is 245 g/mol. The van der Waals surface area contributed by atoms with Crippen molar-refractivity contribution in [1.82, 2.24) is 20.2 Å². The fourth-order valence-corrected chi connectivity index (χ4v) is 1.78. The number of hydrogen-bond acceptors (Lipinski definition) is 3. The van der Waals surface area contributed by atoms with Gasteiger partial charge in [0, 0.05) is 5.39 Å². The Morgan fingerprint density at radius 1 is 1.06 bits per heavy atom. The highest BCUT2D eigenvalue weighted by molar-refractivity contribution is 6.16. The highest BCUT2D eigenvalue weighted by Crippen LogP contribution is 2.17. The number of pyridine rings is 1. The Hall–Kier alpha value is -1.94. The third kappa shape index (κ3) is 1.87. The van der Waals surface area contributed by atoms with Crippen LogP contribution in [0, 0.1) is 0 Å². The Morgan fingerprint density at radius 2 is 1.94 bits per heavy atom. The van der Waals surface area contributed by atoms with Crippen molar-refractivity contribution in [2.45, 2.75) is 5.88 Å². The quantitative estimate of drug-likeness (QED) is 0.706. The van der Waals surface area contributed by atoms with Gasteiger partial charge >= 0.3 is 0 Å². The molecule has 3 aromatic rings. The summed E-state index contributed by atoms with van der Waals surface area (Å²) in [4.78, 5) is 8.75. The topological polar surface area (TPSA) is 54.5 Å². The van der Waals surface area contributed by atoms with E-state index in [0.717, 1.165) is 16.6 Å². The molecule has 0 atom stereocenters. The molecule has 0 aliphatic carbocycles. The fraction of sp³-hybridized carbons (Fsp3) is 0.0833. The van der Waals surface area contributed by atoms with Crippen molar-refractivity contribution in [3.8, 4) is 11.5 Å². The molecule has 0 spiro atoms. The average Bonchev–Trinajstić information content (AvgIpc) is 2.87. The molecule has 0 saturated heterocycles. The summed E-state index contributed by atoms with van der Waals surface area (Å²) < 4.78 is 0. The third-order valence-corrected chi connectivity index (χ3v) is 2.74. The van der Waals surface area contributed by atoms with Crippen molar-refractivity contribution in [2.24, 2.45) is 0 Å². The summed E-state index contributed by atoms with van der Waals surface area (Å²) >= 11 is 5.67. The van der Waals surface area contributed by atoms with Gasteiger partial charge in [-0.25, -0.2) is 9.97 Å². The van der Waals surface area contributed by atoms with Crippen LogP contribution >= 0.6 is 11.6 Å². The van der Waals surface area contributed by atoms with E-state index in [1.54, 1.807) is 0 Å². The van der Waals surface area contributed by atoms with Crippen molar-refractivity contribution in [2.75, 3.05) is 0 Å². The van der Waals surface area contributed by atoms with E-state index in [1.165, 1.54) is 0 Å². The zero-order chi connectivity index (χ0) is 11.7. The highest BCUT2D eigenvalue weighted by atomic mass is 35.5. The van der Waals surface area contributed by atoms with E-state index < -0.39 is 0 Å². The predicted octanol–water partition coefficient (Wildman–Crippen LogP) is 2.76. The van der Waals surface area contributed by atoms with E-state index in [1.807, 2.05) is 36.4 Å². The van der Waals surface area contributed by atoms with Gasteiger partial charge in [-0.1, -0.05) is 24.3 Å². The first-order chi connectivity index (χ1) is 8.36. The molecule has 1 aromatic carbocycles. The van der Waals surface area contributed by atoms with E-state index >= 15 is 0 Å². The smallest absolute Gasteiger partial charge is 0.199 e. The molecule has 0 amide bonds. The fourth-order valence-electron chi connectivity index (χ4n) is 1.66. The number of fused-ring (bicyclic) bond motifs is 1. The van der Waals surface area contributed by atoms with Gasteiger partial charge in [0.05, 0.1) is 11.4 Å². The lowest BCUT2D eigenvalue weighted by Crippen LogP contribution is -1.87. The zero-order valence-electron chi connectivity index (χ0n) is 8.89. The van der Waals surface area contributed by atoms with Crippen molar-refractivity contribution in [1.29, 1.82) is 0 Å². The molecule has 0 bridgehead atoms. The number of rotatable bonds is 2. The van der Waals surface area contributed by atoms with E-state index in [0.29, 0.717) is 17.5 Å². The monoisotopic (exact) mass is 244 g/mol. The van der Waals surface area contributed by atoms with Crippen LogP contribution in [0.15, 0.2) is 36.4 Å². The Kier molecular flexibility index (Phi) is 2.49. The van der Waals surface area contributed by atoms with Crippen LogP contribution in [-0.2, 0) is 5.88 Å². The van der Waals surface area contributed by atoms with Crippen molar-refractivity contribution < 1.29 is 0 Å². The molecule has 2 aromatic heterocycles. The van der Waals surface area contributed by atoms with Gasteiger partial charge in [-0.15, -0.1) is 11.6 Å². The molecule has 2 heterocycles.